The number of aryl methyl sites for hydroxylation is 1. The first kappa shape index (κ1) is 14.4. The molecule has 0 fully saturated rings. The molecule has 1 aromatic carbocycles. The molecule has 0 bridgehead atoms. The van der Waals surface area contributed by atoms with Crippen molar-refractivity contribution in [2.24, 2.45) is 0 Å². The highest BCUT2D eigenvalue weighted by Gasteiger charge is 2.07. The highest BCUT2D eigenvalue weighted by atomic mass is 32.1. The SMILES string of the molecule is CCCc1nnc(NC(=O)CNNc2ccccc2)s1. The van der Waals surface area contributed by atoms with Crippen LogP contribution in [0, 0.1) is 0 Å². The molecule has 0 radical (unpaired) electrons. The Morgan fingerprint density at radius 2 is 2.05 bits per heavy atom. The van der Waals surface area contributed by atoms with Crippen molar-refractivity contribution in [1.29, 1.82) is 0 Å². The molecule has 0 atom stereocenters. The zero-order valence-corrected chi connectivity index (χ0v) is 12.0. The molecule has 2 aromatic rings. The Hall–Kier alpha value is -1.99. The lowest BCUT2D eigenvalue weighted by atomic mass is 10.3. The van der Waals surface area contributed by atoms with E-state index in [2.05, 4.69) is 33.3 Å². The van der Waals surface area contributed by atoms with Crippen LogP contribution in [-0.2, 0) is 11.2 Å². The summed E-state index contributed by atoms with van der Waals surface area (Å²) >= 11 is 1.41. The number of carbonyl (C=O) groups is 1. The molecule has 3 N–H and O–H groups in total. The van der Waals surface area contributed by atoms with E-state index >= 15 is 0 Å². The van der Waals surface area contributed by atoms with Crippen LogP contribution in [0.25, 0.3) is 0 Å². The smallest absolute Gasteiger partial charge is 0.242 e. The van der Waals surface area contributed by atoms with Crippen molar-refractivity contribution in [2.45, 2.75) is 19.8 Å². The van der Waals surface area contributed by atoms with Gasteiger partial charge in [0.15, 0.2) is 0 Å². The number of rotatable bonds is 7. The number of hydrazine groups is 1. The second-order valence-corrected chi connectivity index (χ2v) is 5.21. The summed E-state index contributed by atoms with van der Waals surface area (Å²) < 4.78 is 0. The number of nitrogens with zero attached hydrogens (tertiary/aromatic N) is 2. The average molecular weight is 291 g/mol. The van der Waals surface area contributed by atoms with Crippen LogP contribution in [0.5, 0.6) is 0 Å². The number of aromatic nitrogens is 2. The third-order valence-corrected chi connectivity index (χ3v) is 3.33. The summed E-state index contributed by atoms with van der Waals surface area (Å²) in [6.07, 6.45) is 1.91. The predicted octanol–water partition coefficient (Wildman–Crippen LogP) is 2.05. The zero-order valence-electron chi connectivity index (χ0n) is 11.2. The van der Waals surface area contributed by atoms with E-state index in [4.69, 9.17) is 0 Å². The quantitative estimate of drug-likeness (QED) is 0.680. The first-order valence-corrected chi connectivity index (χ1v) is 7.25. The van der Waals surface area contributed by atoms with Gasteiger partial charge in [0, 0.05) is 12.1 Å². The summed E-state index contributed by atoms with van der Waals surface area (Å²) in [5, 5.41) is 12.1. The van der Waals surface area contributed by atoms with E-state index in [0.29, 0.717) is 5.13 Å². The molecular formula is C13H17N5OS. The average Bonchev–Trinajstić information content (AvgIpc) is 2.88. The Bertz CT molecular complexity index is 543. The fraction of sp³-hybridized carbons (Fsp3) is 0.308. The molecule has 6 nitrogen and oxygen atoms in total. The van der Waals surface area contributed by atoms with E-state index in [1.165, 1.54) is 11.3 Å². The highest BCUT2D eigenvalue weighted by Crippen LogP contribution is 2.16. The standard InChI is InChI=1S/C13H17N5OS/c1-2-6-12-17-18-13(20-12)15-11(19)9-14-16-10-7-4-3-5-8-10/h3-5,7-8,14,16H,2,6,9H2,1H3,(H,15,18,19). The summed E-state index contributed by atoms with van der Waals surface area (Å²) in [5.41, 5.74) is 6.70. The Morgan fingerprint density at radius 1 is 1.25 bits per heavy atom. The maximum absolute atomic E-state index is 11.7. The topological polar surface area (TPSA) is 78.9 Å². The van der Waals surface area contributed by atoms with Gasteiger partial charge >= 0.3 is 0 Å². The van der Waals surface area contributed by atoms with E-state index < -0.39 is 0 Å². The van der Waals surface area contributed by atoms with Gasteiger partial charge in [0.05, 0.1) is 6.54 Å². The Labute approximate surface area is 121 Å². The Morgan fingerprint density at radius 3 is 2.80 bits per heavy atom. The number of amides is 1. The van der Waals surface area contributed by atoms with E-state index in [9.17, 15) is 4.79 Å². The fourth-order valence-electron chi connectivity index (χ4n) is 1.53. The molecular weight excluding hydrogens is 274 g/mol. The van der Waals surface area contributed by atoms with Crippen molar-refractivity contribution in [3.8, 4) is 0 Å². The molecule has 1 amide bonds. The summed E-state index contributed by atoms with van der Waals surface area (Å²) in [6, 6.07) is 9.59. The second-order valence-electron chi connectivity index (χ2n) is 4.14. The predicted molar refractivity (Wildman–Crippen MR) is 80.6 cm³/mol. The van der Waals surface area contributed by atoms with E-state index in [0.717, 1.165) is 23.5 Å². The van der Waals surface area contributed by atoms with Crippen molar-refractivity contribution in [1.82, 2.24) is 15.6 Å². The van der Waals surface area contributed by atoms with Gasteiger partial charge in [0.2, 0.25) is 11.0 Å². The van der Waals surface area contributed by atoms with Gasteiger partial charge in [0.1, 0.15) is 5.01 Å². The van der Waals surface area contributed by atoms with Crippen LogP contribution >= 0.6 is 11.3 Å². The minimum absolute atomic E-state index is 0.150. The number of anilines is 2. The third kappa shape index (κ3) is 4.60. The van der Waals surface area contributed by atoms with Gasteiger partial charge in [-0.25, -0.2) is 5.43 Å². The molecule has 0 saturated heterocycles. The maximum atomic E-state index is 11.7. The van der Waals surface area contributed by atoms with Gasteiger partial charge in [-0.1, -0.05) is 36.5 Å². The molecule has 7 heteroatoms. The molecule has 0 aliphatic carbocycles. The molecule has 0 unspecified atom stereocenters. The van der Waals surface area contributed by atoms with Gasteiger partial charge in [-0.3, -0.25) is 10.1 Å². The minimum atomic E-state index is -0.160. The van der Waals surface area contributed by atoms with E-state index in [1.54, 1.807) is 0 Å². The zero-order chi connectivity index (χ0) is 14.2. The first-order chi connectivity index (χ1) is 9.78. The van der Waals surface area contributed by atoms with Gasteiger partial charge in [-0.15, -0.1) is 10.2 Å². The molecule has 0 spiro atoms. The van der Waals surface area contributed by atoms with Gasteiger partial charge < -0.3 is 5.43 Å². The number of hydrogen-bond acceptors (Lipinski definition) is 6. The van der Waals surface area contributed by atoms with Crippen molar-refractivity contribution in [3.63, 3.8) is 0 Å². The molecule has 0 aliphatic heterocycles. The number of nitrogens with one attached hydrogen (secondary N) is 3. The van der Waals surface area contributed by atoms with Crippen LogP contribution in [0.2, 0.25) is 0 Å². The minimum Gasteiger partial charge on any atom is -0.321 e. The number of benzene rings is 1. The normalized spacial score (nSPS) is 10.2. The van der Waals surface area contributed by atoms with Crippen LogP contribution < -0.4 is 16.2 Å². The first-order valence-electron chi connectivity index (χ1n) is 6.44. The molecule has 0 saturated carbocycles. The van der Waals surface area contributed by atoms with Gasteiger partial charge in [-0.2, -0.15) is 0 Å². The number of hydrogen-bond donors (Lipinski definition) is 3. The van der Waals surface area contributed by atoms with E-state index in [-0.39, 0.29) is 12.5 Å². The molecule has 0 aliphatic rings. The maximum Gasteiger partial charge on any atom is 0.242 e. The molecule has 2 rings (SSSR count). The third-order valence-electron chi connectivity index (χ3n) is 2.43. The lowest BCUT2D eigenvalue weighted by Crippen LogP contribution is -2.32. The summed E-state index contributed by atoms with van der Waals surface area (Å²) in [5.74, 6) is -0.160. The van der Waals surface area contributed by atoms with Gasteiger partial charge in [-0.05, 0) is 18.6 Å². The van der Waals surface area contributed by atoms with Crippen LogP contribution in [-0.4, -0.2) is 22.6 Å². The van der Waals surface area contributed by atoms with Crippen LogP contribution in [0.15, 0.2) is 30.3 Å². The highest BCUT2D eigenvalue weighted by molar-refractivity contribution is 7.15. The number of para-hydroxylation sites is 1. The second kappa shape index (κ2) is 7.56. The summed E-state index contributed by atoms with van der Waals surface area (Å²) in [4.78, 5) is 11.7. The lowest BCUT2D eigenvalue weighted by molar-refractivity contribution is -0.115. The summed E-state index contributed by atoms with van der Waals surface area (Å²) in [7, 11) is 0. The summed E-state index contributed by atoms with van der Waals surface area (Å²) in [6.45, 7) is 2.23. The van der Waals surface area contributed by atoms with Crippen molar-refractivity contribution in [3.05, 3.63) is 35.3 Å². The monoisotopic (exact) mass is 291 g/mol. The van der Waals surface area contributed by atoms with Crippen LogP contribution in [0.4, 0.5) is 10.8 Å². The van der Waals surface area contributed by atoms with E-state index in [1.807, 2.05) is 30.3 Å². The molecule has 106 valence electrons. The van der Waals surface area contributed by atoms with Gasteiger partial charge in [0.25, 0.3) is 0 Å². The molecule has 1 aromatic heterocycles. The fourth-order valence-corrected chi connectivity index (χ4v) is 2.39. The van der Waals surface area contributed by atoms with Crippen molar-refractivity contribution in [2.75, 3.05) is 17.3 Å². The largest absolute Gasteiger partial charge is 0.321 e. The number of carbonyl (C=O) groups excluding carboxylic acids is 1. The Kier molecular flexibility index (Phi) is 5.45. The Balaban J connectivity index is 1.72. The molecule has 1 heterocycles. The van der Waals surface area contributed by atoms with Crippen LogP contribution in [0.3, 0.4) is 0 Å². The van der Waals surface area contributed by atoms with Crippen LogP contribution in [0.1, 0.15) is 18.4 Å². The molecule has 20 heavy (non-hydrogen) atoms. The lowest BCUT2D eigenvalue weighted by Gasteiger charge is -2.07. The van der Waals surface area contributed by atoms with Crippen molar-refractivity contribution < 1.29 is 4.79 Å². The van der Waals surface area contributed by atoms with Crippen molar-refractivity contribution >= 4 is 28.1 Å².